The Morgan fingerprint density at radius 2 is 2.07 bits per heavy atom. The number of ether oxygens (including phenoxy) is 2. The van der Waals surface area contributed by atoms with E-state index in [9.17, 15) is 0 Å². The molecule has 1 aliphatic rings. The van der Waals surface area contributed by atoms with E-state index in [0.717, 1.165) is 6.54 Å². The van der Waals surface area contributed by atoms with Crippen LogP contribution in [0.3, 0.4) is 0 Å². The van der Waals surface area contributed by atoms with Crippen LogP contribution in [-0.2, 0) is 9.47 Å². The van der Waals surface area contributed by atoms with E-state index in [1.165, 1.54) is 19.3 Å². The average Bonchev–Trinajstić information content (AvgIpc) is 2.39. The molecule has 4 heteroatoms. The van der Waals surface area contributed by atoms with Gasteiger partial charge in [-0.3, -0.25) is 0 Å². The molecule has 0 aromatic heterocycles. The summed E-state index contributed by atoms with van der Waals surface area (Å²) >= 11 is 6.13. The Hall–Kier alpha value is 0.170. The highest BCUT2D eigenvalue weighted by Gasteiger charge is 2.21. The fourth-order valence-corrected chi connectivity index (χ4v) is 1.72. The zero-order valence-corrected chi connectivity index (χ0v) is 9.55. The maximum absolute atomic E-state index is 6.13. The van der Waals surface area contributed by atoms with Crippen LogP contribution in [0.25, 0.3) is 0 Å². The number of hydrogen-bond donors (Lipinski definition) is 1. The Balaban J connectivity index is 2.13. The van der Waals surface area contributed by atoms with Crippen LogP contribution in [0.15, 0.2) is 0 Å². The summed E-state index contributed by atoms with van der Waals surface area (Å²) in [5.74, 6) is 0. The Labute approximate surface area is 91.1 Å². The van der Waals surface area contributed by atoms with Crippen molar-refractivity contribution in [3.63, 3.8) is 0 Å². The Morgan fingerprint density at radius 1 is 1.29 bits per heavy atom. The maximum Gasteiger partial charge on any atom is 0.146 e. The summed E-state index contributed by atoms with van der Waals surface area (Å²) in [6, 6.07) is 0.232. The molecule has 1 fully saturated rings. The molecule has 14 heavy (non-hydrogen) atoms. The van der Waals surface area contributed by atoms with Crippen LogP contribution in [-0.4, -0.2) is 38.0 Å². The number of nitrogens with one attached hydrogen (secondary N) is 1. The first-order chi connectivity index (χ1) is 6.84. The number of halogens is 1. The first-order valence-electron chi connectivity index (χ1n) is 5.37. The lowest BCUT2D eigenvalue weighted by molar-refractivity contribution is -0.0335. The highest BCUT2D eigenvalue weighted by atomic mass is 35.5. The van der Waals surface area contributed by atoms with Gasteiger partial charge < -0.3 is 14.8 Å². The molecule has 0 amide bonds. The van der Waals surface area contributed by atoms with Crippen LogP contribution in [0.4, 0.5) is 0 Å². The highest BCUT2D eigenvalue weighted by Crippen LogP contribution is 2.08. The first-order valence-corrected chi connectivity index (χ1v) is 5.81. The lowest BCUT2D eigenvalue weighted by atomic mass is 10.2. The zero-order chi connectivity index (χ0) is 10.2. The summed E-state index contributed by atoms with van der Waals surface area (Å²) in [5.41, 5.74) is 0. The predicted molar refractivity (Wildman–Crippen MR) is 57.7 cm³/mol. The number of hydrogen-bond acceptors (Lipinski definition) is 3. The van der Waals surface area contributed by atoms with Gasteiger partial charge in [0.05, 0.1) is 18.6 Å². The SMILES string of the molecule is CCCCCN[C@@H]1COCOC[C@H]1Cl. The number of rotatable bonds is 5. The van der Waals surface area contributed by atoms with Crippen molar-refractivity contribution in [2.24, 2.45) is 0 Å². The van der Waals surface area contributed by atoms with Gasteiger partial charge in [0.1, 0.15) is 6.79 Å². The second kappa shape index (κ2) is 7.46. The molecule has 0 radical (unpaired) electrons. The number of alkyl halides is 1. The van der Waals surface area contributed by atoms with Crippen molar-refractivity contribution in [1.82, 2.24) is 5.32 Å². The molecule has 3 nitrogen and oxygen atoms in total. The van der Waals surface area contributed by atoms with Gasteiger partial charge in [0.25, 0.3) is 0 Å². The molecule has 1 heterocycles. The van der Waals surface area contributed by atoms with Crippen molar-refractivity contribution in [2.45, 2.75) is 37.6 Å². The second-order valence-corrected chi connectivity index (χ2v) is 4.20. The average molecular weight is 222 g/mol. The molecule has 1 aliphatic heterocycles. The minimum Gasteiger partial charge on any atom is -0.354 e. The molecule has 0 aliphatic carbocycles. The van der Waals surface area contributed by atoms with Crippen molar-refractivity contribution in [3.8, 4) is 0 Å². The maximum atomic E-state index is 6.13. The Morgan fingerprint density at radius 3 is 2.86 bits per heavy atom. The minimum absolute atomic E-state index is 0.0270. The largest absolute Gasteiger partial charge is 0.354 e. The van der Waals surface area contributed by atoms with E-state index in [4.69, 9.17) is 21.1 Å². The summed E-state index contributed by atoms with van der Waals surface area (Å²) in [6.45, 7) is 4.82. The lowest BCUT2D eigenvalue weighted by Crippen LogP contribution is -2.41. The van der Waals surface area contributed by atoms with Crippen molar-refractivity contribution in [1.29, 1.82) is 0 Å². The fraction of sp³-hybridized carbons (Fsp3) is 1.00. The third-order valence-electron chi connectivity index (χ3n) is 2.36. The van der Waals surface area contributed by atoms with Crippen molar-refractivity contribution < 1.29 is 9.47 Å². The summed E-state index contributed by atoms with van der Waals surface area (Å²) in [5, 5.41) is 3.44. The molecule has 84 valence electrons. The first kappa shape index (κ1) is 12.2. The quantitative estimate of drug-likeness (QED) is 0.567. The van der Waals surface area contributed by atoms with Gasteiger partial charge in [0.2, 0.25) is 0 Å². The normalized spacial score (nSPS) is 28.7. The Kier molecular flexibility index (Phi) is 6.52. The van der Waals surface area contributed by atoms with Gasteiger partial charge in [-0.2, -0.15) is 0 Å². The van der Waals surface area contributed by atoms with Crippen molar-refractivity contribution in [2.75, 3.05) is 26.6 Å². The summed E-state index contributed by atoms with van der Waals surface area (Å²) in [7, 11) is 0. The Bertz CT molecular complexity index is 146. The molecule has 0 aromatic rings. The molecule has 0 bridgehead atoms. The van der Waals surface area contributed by atoms with E-state index in [-0.39, 0.29) is 11.4 Å². The van der Waals surface area contributed by atoms with E-state index >= 15 is 0 Å². The van der Waals surface area contributed by atoms with Gasteiger partial charge >= 0.3 is 0 Å². The van der Waals surface area contributed by atoms with Crippen LogP contribution in [0.1, 0.15) is 26.2 Å². The van der Waals surface area contributed by atoms with E-state index < -0.39 is 0 Å². The van der Waals surface area contributed by atoms with Gasteiger partial charge in [0.15, 0.2) is 0 Å². The predicted octanol–water partition coefficient (Wildman–Crippen LogP) is 1.75. The van der Waals surface area contributed by atoms with Crippen LogP contribution in [0, 0.1) is 0 Å². The van der Waals surface area contributed by atoms with Crippen LogP contribution >= 0.6 is 11.6 Å². The third-order valence-corrected chi connectivity index (χ3v) is 2.79. The van der Waals surface area contributed by atoms with Gasteiger partial charge in [-0.15, -0.1) is 11.6 Å². The van der Waals surface area contributed by atoms with Gasteiger partial charge in [-0.1, -0.05) is 19.8 Å². The van der Waals surface area contributed by atoms with Gasteiger partial charge in [0, 0.05) is 6.04 Å². The molecule has 1 saturated heterocycles. The van der Waals surface area contributed by atoms with E-state index in [1.807, 2.05) is 0 Å². The number of unbranched alkanes of at least 4 members (excludes halogenated alkanes) is 2. The summed E-state index contributed by atoms with van der Waals surface area (Å²) in [6.07, 6.45) is 3.72. The van der Waals surface area contributed by atoms with Crippen LogP contribution < -0.4 is 5.32 Å². The fourth-order valence-electron chi connectivity index (χ4n) is 1.46. The highest BCUT2D eigenvalue weighted by molar-refractivity contribution is 6.21. The van der Waals surface area contributed by atoms with E-state index in [2.05, 4.69) is 12.2 Å². The molecular formula is C10H20ClNO2. The van der Waals surface area contributed by atoms with Crippen LogP contribution in [0.2, 0.25) is 0 Å². The topological polar surface area (TPSA) is 30.5 Å². The molecule has 0 unspecified atom stereocenters. The van der Waals surface area contributed by atoms with Gasteiger partial charge in [-0.25, -0.2) is 0 Å². The standard InChI is InChI=1S/C10H20ClNO2/c1-2-3-4-5-12-10-7-14-8-13-6-9(10)11/h9-10,12H,2-8H2,1H3/t9-,10-/m1/s1. The smallest absolute Gasteiger partial charge is 0.146 e. The summed E-state index contributed by atoms with van der Waals surface area (Å²) in [4.78, 5) is 0. The van der Waals surface area contributed by atoms with Crippen molar-refractivity contribution >= 4 is 11.6 Å². The van der Waals surface area contributed by atoms with Gasteiger partial charge in [-0.05, 0) is 13.0 Å². The molecular weight excluding hydrogens is 202 g/mol. The molecule has 0 saturated carbocycles. The molecule has 2 atom stereocenters. The zero-order valence-electron chi connectivity index (χ0n) is 8.80. The van der Waals surface area contributed by atoms with Crippen LogP contribution in [0.5, 0.6) is 0 Å². The second-order valence-electron chi connectivity index (χ2n) is 3.64. The van der Waals surface area contributed by atoms with E-state index in [0.29, 0.717) is 20.0 Å². The minimum atomic E-state index is 0.0270. The molecule has 1 rings (SSSR count). The monoisotopic (exact) mass is 221 g/mol. The molecule has 0 aromatic carbocycles. The lowest BCUT2D eigenvalue weighted by Gasteiger charge is -2.19. The third kappa shape index (κ3) is 4.60. The summed E-state index contributed by atoms with van der Waals surface area (Å²) < 4.78 is 10.4. The van der Waals surface area contributed by atoms with Crippen molar-refractivity contribution in [3.05, 3.63) is 0 Å². The molecule has 1 N–H and O–H groups in total. The molecule has 0 spiro atoms. The van der Waals surface area contributed by atoms with E-state index in [1.54, 1.807) is 0 Å².